The number of hydrogen-bond donors (Lipinski definition) is 2. The van der Waals surface area contributed by atoms with Gasteiger partial charge in [0.2, 0.25) is 5.91 Å². The van der Waals surface area contributed by atoms with Crippen LogP contribution in [0.2, 0.25) is 0 Å². The minimum Gasteiger partial charge on any atom is -0.477 e. The highest BCUT2D eigenvalue weighted by molar-refractivity contribution is 7.15. The number of carbonyl (C=O) groups excluding carboxylic acids is 1. The van der Waals surface area contributed by atoms with Gasteiger partial charge in [0.1, 0.15) is 4.88 Å². The predicted octanol–water partition coefficient (Wildman–Crippen LogP) is 5.48. The molecule has 4 rings (SSSR count). The standard InChI is InChI=1S/C30H43NO6S/c1-29(2,3)13-10-22-16-24(26(38-22)28(34)35)31(27(33)23-11-14-30(4,5)17-25(23)32)19-6-8-20(9-7-19)37-21-12-15-36-18-21/h16,19-21,23,25,32H,6-9,11-12,14-15,17-18H2,1-5H3,(H,34,35). The van der Waals surface area contributed by atoms with Crippen molar-refractivity contribution in [3.63, 3.8) is 0 Å². The number of aromatic carboxylic acids is 1. The summed E-state index contributed by atoms with van der Waals surface area (Å²) >= 11 is 1.12. The fourth-order valence-corrected chi connectivity index (χ4v) is 6.71. The minimum absolute atomic E-state index is 0.0231. The Bertz CT molecular complexity index is 1060. The molecule has 3 unspecified atom stereocenters. The summed E-state index contributed by atoms with van der Waals surface area (Å²) in [6, 6.07) is 1.61. The van der Waals surface area contributed by atoms with Crippen molar-refractivity contribution in [1.29, 1.82) is 0 Å². The zero-order valence-corrected chi connectivity index (χ0v) is 24.2. The molecule has 2 aliphatic carbocycles. The van der Waals surface area contributed by atoms with E-state index < -0.39 is 18.0 Å². The Morgan fingerprint density at radius 3 is 2.42 bits per heavy atom. The smallest absolute Gasteiger partial charge is 0.348 e. The third-order valence-corrected chi connectivity index (χ3v) is 8.95. The number of aliphatic hydroxyl groups is 1. The van der Waals surface area contributed by atoms with Crippen LogP contribution in [0.1, 0.15) is 101 Å². The molecule has 1 aromatic rings. The highest BCUT2D eigenvalue weighted by atomic mass is 32.1. The molecule has 3 aliphatic rings. The van der Waals surface area contributed by atoms with Crippen LogP contribution in [0.5, 0.6) is 0 Å². The molecule has 0 radical (unpaired) electrons. The quantitative estimate of drug-likeness (QED) is 0.460. The number of aliphatic hydroxyl groups excluding tert-OH is 1. The van der Waals surface area contributed by atoms with E-state index in [1.54, 1.807) is 11.0 Å². The second kappa shape index (κ2) is 11.7. The summed E-state index contributed by atoms with van der Waals surface area (Å²) in [5.41, 5.74) is 0.159. The number of carboxylic acid groups (broad SMARTS) is 1. The van der Waals surface area contributed by atoms with Crippen LogP contribution in [-0.2, 0) is 14.3 Å². The Morgan fingerprint density at radius 2 is 1.84 bits per heavy atom. The number of nitrogens with zero attached hydrogens (tertiary/aromatic N) is 1. The summed E-state index contributed by atoms with van der Waals surface area (Å²) in [7, 11) is 0. The lowest BCUT2D eigenvalue weighted by Gasteiger charge is -2.42. The number of rotatable bonds is 6. The van der Waals surface area contributed by atoms with Gasteiger partial charge in [0.15, 0.2) is 0 Å². The lowest BCUT2D eigenvalue weighted by molar-refractivity contribution is -0.130. The molecule has 2 heterocycles. The second-order valence-electron chi connectivity index (χ2n) is 13.0. The molecule has 3 atom stereocenters. The van der Waals surface area contributed by atoms with Gasteiger partial charge < -0.3 is 24.6 Å². The normalized spacial score (nSPS) is 29.4. The van der Waals surface area contributed by atoms with Crippen molar-refractivity contribution < 1.29 is 29.3 Å². The van der Waals surface area contributed by atoms with Crippen LogP contribution in [-0.4, -0.2) is 59.7 Å². The summed E-state index contributed by atoms with van der Waals surface area (Å²) in [6.07, 6.45) is 5.44. The summed E-state index contributed by atoms with van der Waals surface area (Å²) in [5.74, 6) is 4.54. The van der Waals surface area contributed by atoms with Crippen molar-refractivity contribution in [3.8, 4) is 11.8 Å². The van der Waals surface area contributed by atoms with E-state index in [1.807, 2.05) is 20.8 Å². The first kappa shape index (κ1) is 29.1. The molecule has 0 spiro atoms. The Morgan fingerprint density at radius 1 is 1.13 bits per heavy atom. The van der Waals surface area contributed by atoms with Crippen LogP contribution >= 0.6 is 11.3 Å². The predicted molar refractivity (Wildman–Crippen MR) is 149 cm³/mol. The molecule has 0 aromatic carbocycles. The zero-order valence-electron chi connectivity index (χ0n) is 23.4. The lowest BCUT2D eigenvalue weighted by Crippen LogP contribution is -2.51. The minimum atomic E-state index is -1.06. The number of ether oxygens (including phenoxy) is 2. The molecule has 1 saturated heterocycles. The number of hydrogen-bond acceptors (Lipinski definition) is 6. The fraction of sp³-hybridized carbons (Fsp3) is 0.733. The molecule has 210 valence electrons. The first-order valence-corrected chi connectivity index (χ1v) is 14.8. The average Bonchev–Trinajstić information content (AvgIpc) is 3.48. The summed E-state index contributed by atoms with van der Waals surface area (Å²) in [5, 5.41) is 21.1. The maximum Gasteiger partial charge on any atom is 0.348 e. The molecule has 1 amide bonds. The van der Waals surface area contributed by atoms with Crippen LogP contribution in [0.25, 0.3) is 0 Å². The lowest BCUT2D eigenvalue weighted by atomic mass is 9.71. The van der Waals surface area contributed by atoms with Crippen molar-refractivity contribution in [1.82, 2.24) is 0 Å². The van der Waals surface area contributed by atoms with Crippen molar-refractivity contribution >= 4 is 28.9 Å². The number of carbonyl (C=O) groups is 2. The van der Waals surface area contributed by atoms with Gasteiger partial charge in [0, 0.05) is 18.1 Å². The first-order chi connectivity index (χ1) is 17.8. The molecule has 38 heavy (non-hydrogen) atoms. The van der Waals surface area contributed by atoms with Gasteiger partial charge in [-0.1, -0.05) is 25.7 Å². The highest BCUT2D eigenvalue weighted by Gasteiger charge is 2.43. The average molecular weight is 546 g/mol. The molecule has 8 heteroatoms. The molecule has 1 aliphatic heterocycles. The van der Waals surface area contributed by atoms with Gasteiger partial charge >= 0.3 is 5.97 Å². The summed E-state index contributed by atoms with van der Waals surface area (Å²) < 4.78 is 11.7. The van der Waals surface area contributed by atoms with Crippen LogP contribution in [0.3, 0.4) is 0 Å². The molecular formula is C30H43NO6S. The maximum atomic E-state index is 14.2. The van der Waals surface area contributed by atoms with Crippen molar-refractivity contribution in [3.05, 3.63) is 15.8 Å². The van der Waals surface area contributed by atoms with Gasteiger partial charge in [-0.2, -0.15) is 0 Å². The molecule has 3 fully saturated rings. The number of anilines is 1. The van der Waals surface area contributed by atoms with E-state index in [4.69, 9.17) is 9.47 Å². The van der Waals surface area contributed by atoms with E-state index in [1.165, 1.54) is 0 Å². The Labute approximate surface area is 230 Å². The van der Waals surface area contributed by atoms with E-state index in [9.17, 15) is 19.8 Å². The Hall–Kier alpha value is -1.92. The van der Waals surface area contributed by atoms with Crippen LogP contribution in [0.4, 0.5) is 5.69 Å². The number of carboxylic acids is 1. The molecule has 2 saturated carbocycles. The monoisotopic (exact) mass is 545 g/mol. The molecule has 1 aromatic heterocycles. The molecular weight excluding hydrogens is 502 g/mol. The highest BCUT2D eigenvalue weighted by Crippen LogP contribution is 2.42. The fourth-order valence-electron chi connectivity index (χ4n) is 5.87. The van der Waals surface area contributed by atoms with Gasteiger partial charge in [-0.25, -0.2) is 4.79 Å². The maximum absolute atomic E-state index is 14.2. The van der Waals surface area contributed by atoms with Gasteiger partial charge in [0.05, 0.1) is 41.4 Å². The van der Waals surface area contributed by atoms with E-state index in [0.29, 0.717) is 30.0 Å². The first-order valence-electron chi connectivity index (χ1n) is 14.0. The molecule has 0 bridgehead atoms. The van der Waals surface area contributed by atoms with Gasteiger partial charge in [0.25, 0.3) is 0 Å². The largest absolute Gasteiger partial charge is 0.477 e. The van der Waals surface area contributed by atoms with Gasteiger partial charge in [-0.15, -0.1) is 11.3 Å². The van der Waals surface area contributed by atoms with Crippen LogP contribution in [0.15, 0.2) is 6.07 Å². The summed E-state index contributed by atoms with van der Waals surface area (Å²) in [4.78, 5) is 29.0. The van der Waals surface area contributed by atoms with Crippen molar-refractivity contribution in [2.75, 3.05) is 18.1 Å². The van der Waals surface area contributed by atoms with Crippen LogP contribution < -0.4 is 4.90 Å². The van der Waals surface area contributed by atoms with Crippen molar-refractivity contribution in [2.45, 2.75) is 110 Å². The Balaban J connectivity index is 1.63. The topological polar surface area (TPSA) is 96.3 Å². The SMILES string of the molecule is CC(C)(C)C#Cc1cc(N(C(=O)C2CCC(C)(C)CC2O)C2CCC(OC3CCOC3)CC2)c(C(=O)O)s1. The van der Waals surface area contributed by atoms with Gasteiger partial charge in [-0.05, 0) is 83.6 Å². The second-order valence-corrected chi connectivity index (χ2v) is 14.0. The summed E-state index contributed by atoms with van der Waals surface area (Å²) in [6.45, 7) is 11.6. The number of amides is 1. The van der Waals surface area contributed by atoms with Crippen molar-refractivity contribution in [2.24, 2.45) is 16.7 Å². The zero-order chi connectivity index (χ0) is 27.7. The van der Waals surface area contributed by atoms with E-state index in [-0.39, 0.29) is 39.9 Å². The van der Waals surface area contributed by atoms with Gasteiger partial charge in [-0.3, -0.25) is 4.79 Å². The molecule has 7 nitrogen and oxygen atoms in total. The van der Waals surface area contributed by atoms with E-state index in [0.717, 1.165) is 56.5 Å². The number of thiophene rings is 1. The Kier molecular flexibility index (Phi) is 8.93. The van der Waals surface area contributed by atoms with E-state index >= 15 is 0 Å². The third-order valence-electron chi connectivity index (χ3n) is 7.92. The van der Waals surface area contributed by atoms with E-state index in [2.05, 4.69) is 25.7 Å². The third kappa shape index (κ3) is 7.18. The van der Waals surface area contributed by atoms with Crippen LogP contribution in [0, 0.1) is 28.6 Å². The molecule has 2 N–H and O–H groups in total.